The third-order valence-corrected chi connectivity index (χ3v) is 13.4. The molecule has 27 heteroatoms. The minimum atomic E-state index is -6.13. The molecule has 0 radical (unpaired) electrons. The molecule has 0 amide bonds. The van der Waals surface area contributed by atoms with Gasteiger partial charge >= 0.3 is 49.4 Å². The summed E-state index contributed by atoms with van der Waals surface area (Å²) < 4.78 is 343. The van der Waals surface area contributed by atoms with E-state index in [1.54, 1.807) is 0 Å². The number of hydrogen-bond donors (Lipinski definition) is 0. The summed E-state index contributed by atoms with van der Waals surface area (Å²) >= 11 is 0. The maximum Gasteiger partial charge on any atom is 0.416 e. The van der Waals surface area contributed by atoms with E-state index >= 15 is 0 Å². The van der Waals surface area contributed by atoms with Crippen molar-refractivity contribution in [2.45, 2.75) is 69.3 Å². The summed E-state index contributed by atoms with van der Waals surface area (Å²) in [7, 11) is 0. The third-order valence-electron chi connectivity index (χ3n) is 13.4. The first-order valence-electron chi connectivity index (χ1n) is 23.9. The van der Waals surface area contributed by atoms with Crippen LogP contribution >= 0.6 is 0 Å². The molecule has 0 aliphatic rings. The van der Waals surface area contributed by atoms with Crippen molar-refractivity contribution >= 4 is 44.6 Å². The molecule has 0 saturated heterocycles. The molecule has 2 nitrogen and oxygen atoms in total. The lowest BCUT2D eigenvalue weighted by molar-refractivity contribution is -0.688. The Hall–Kier alpha value is -8.00. The van der Waals surface area contributed by atoms with Gasteiger partial charge in [-0.15, -0.1) is 0 Å². The number of aromatic nitrogens is 1. The zero-order chi connectivity index (χ0) is 62.6. The topological polar surface area (TPSA) is 20.9 Å². The fourth-order valence-corrected chi connectivity index (χ4v) is 9.50. The molecule has 0 fully saturated rings. The van der Waals surface area contributed by atoms with Gasteiger partial charge in [0.15, 0.2) is 11.9 Å². The highest BCUT2D eigenvalue weighted by molar-refractivity contribution is 7.20. The predicted molar refractivity (Wildman–Crippen MR) is 259 cm³/mol. The Balaban J connectivity index is 0.000000309. The van der Waals surface area contributed by atoms with Crippen molar-refractivity contribution in [2.24, 2.45) is 0 Å². The molecule has 84 heavy (non-hydrogen) atoms. The first kappa shape index (κ1) is 63.6. The van der Waals surface area contributed by atoms with Crippen LogP contribution in [0.4, 0.5) is 105 Å². The van der Waals surface area contributed by atoms with E-state index < -0.39 is 195 Å². The van der Waals surface area contributed by atoms with Crippen LogP contribution in [0.2, 0.25) is 0 Å². The number of fused-ring (bicyclic) bond motifs is 1. The maximum atomic E-state index is 14.2. The van der Waals surface area contributed by atoms with Crippen molar-refractivity contribution in [1.29, 1.82) is 0 Å². The number of aryl methyl sites for hydroxylation is 1. The third kappa shape index (κ3) is 14.3. The van der Waals surface area contributed by atoms with E-state index in [9.17, 15) is 110 Å². The van der Waals surface area contributed by atoms with Crippen LogP contribution in [-0.4, -0.2) is 11.9 Å². The number of carbonyl (C=O) groups is 1. The fourth-order valence-electron chi connectivity index (χ4n) is 9.50. The summed E-state index contributed by atoms with van der Waals surface area (Å²) in [5.41, 5.74) is -25.8. The Morgan fingerprint density at radius 2 is 0.667 bits per heavy atom. The Morgan fingerprint density at radius 1 is 0.369 bits per heavy atom. The Morgan fingerprint density at radius 3 is 0.976 bits per heavy atom. The molecule has 8 rings (SSSR count). The van der Waals surface area contributed by atoms with Gasteiger partial charge in [0.05, 0.1) is 50.9 Å². The van der Waals surface area contributed by atoms with Gasteiger partial charge in [-0.25, -0.2) is 0 Å². The molecule has 1 aromatic heterocycles. The van der Waals surface area contributed by atoms with Gasteiger partial charge in [-0.2, -0.15) is 132 Å². The molecule has 0 aliphatic carbocycles. The van der Waals surface area contributed by atoms with Crippen LogP contribution in [0.15, 0.2) is 164 Å². The zero-order valence-corrected chi connectivity index (χ0v) is 42.0. The molecule has 444 valence electrons. The standard InChI is InChI=1S/C32H12BF24.C25H22NO/c34-25(35,36)13-1-14(26(37,38)39)6-21(5-13)33(22-7-15(27(40,41)42)2-16(8-22)28(43,44)45,23-9-17(29(46,47)48)3-18(10-23)30(49,50)51)24-11-19(31(52,53)54)4-20(12-24)32(55,56)57;1-19-11-13-20(14-12-19)17-24-23-10-6-5-7-21(23)15-16-26(24)18-25(27)22-8-3-2-4-9-22/h1-12H;2-16H,17-18H2,1H3/q-1;+1. The summed E-state index contributed by atoms with van der Waals surface area (Å²) in [6.45, 7) is 2.44. The van der Waals surface area contributed by atoms with Gasteiger partial charge in [-0.3, -0.25) is 4.79 Å². The Bertz CT molecular complexity index is 3260. The van der Waals surface area contributed by atoms with Crippen LogP contribution in [0.3, 0.4) is 0 Å². The molecule has 1 heterocycles. The number of Topliss-reactive ketones (excluding diaryl/α,β-unsaturated/α-hetero) is 1. The van der Waals surface area contributed by atoms with Crippen LogP contribution in [0.1, 0.15) is 71.7 Å². The number of hydrogen-bond acceptors (Lipinski definition) is 1. The largest absolute Gasteiger partial charge is 0.416 e. The molecule has 0 aliphatic heterocycles. The normalized spacial score (nSPS) is 13.2. The number of rotatable bonds is 9. The van der Waals surface area contributed by atoms with Crippen LogP contribution < -0.4 is 26.4 Å². The number of halogens is 24. The molecule has 0 N–H and O–H groups in total. The molecule has 7 aromatic carbocycles. The van der Waals surface area contributed by atoms with Gasteiger partial charge in [0.2, 0.25) is 12.3 Å². The zero-order valence-electron chi connectivity index (χ0n) is 42.0. The van der Waals surface area contributed by atoms with Crippen molar-refractivity contribution in [3.05, 3.63) is 231 Å². The number of carbonyl (C=O) groups excluding carboxylic acids is 1. The van der Waals surface area contributed by atoms with Crippen molar-refractivity contribution in [3.8, 4) is 0 Å². The van der Waals surface area contributed by atoms with Crippen molar-refractivity contribution < 1.29 is 115 Å². The summed E-state index contributed by atoms with van der Waals surface area (Å²) in [6, 6.07) is 19.8. The van der Waals surface area contributed by atoms with Crippen LogP contribution in [0.5, 0.6) is 0 Å². The monoisotopic (exact) mass is 1220 g/mol. The maximum absolute atomic E-state index is 14.2. The van der Waals surface area contributed by atoms with Gasteiger partial charge in [-0.05, 0) is 48.2 Å². The number of nitrogens with zero attached hydrogens (tertiary/aromatic N) is 1. The smallest absolute Gasteiger partial charge is 0.287 e. The average molecular weight is 1220 g/mol. The van der Waals surface area contributed by atoms with Gasteiger partial charge in [0.1, 0.15) is 6.15 Å². The molecular formula is C57H34BF24NO. The summed E-state index contributed by atoms with van der Waals surface area (Å²) in [6.07, 6.45) is -52.0. The Kier molecular flexibility index (Phi) is 17.1. The Labute approximate surface area is 458 Å². The lowest BCUT2D eigenvalue weighted by Gasteiger charge is -2.46. The molecule has 0 saturated carbocycles. The highest BCUT2D eigenvalue weighted by Gasteiger charge is 2.47. The number of benzene rings is 7. The van der Waals surface area contributed by atoms with E-state index in [2.05, 4.69) is 66.1 Å². The van der Waals surface area contributed by atoms with Gasteiger partial charge < -0.3 is 0 Å². The van der Waals surface area contributed by atoms with Gasteiger partial charge in [-0.1, -0.05) is 127 Å². The van der Waals surface area contributed by atoms with Crippen LogP contribution in [0, 0.1) is 6.92 Å². The van der Waals surface area contributed by atoms with Gasteiger partial charge in [0.25, 0.3) is 0 Å². The fraction of sp³-hybridized carbons (Fsp3) is 0.193. The van der Waals surface area contributed by atoms with E-state index in [0.29, 0.717) is 6.54 Å². The van der Waals surface area contributed by atoms with Crippen LogP contribution in [0.25, 0.3) is 10.8 Å². The molecule has 0 atom stereocenters. The number of ketones is 1. The second kappa shape index (κ2) is 22.5. The van der Waals surface area contributed by atoms with E-state index in [-0.39, 0.29) is 5.78 Å². The van der Waals surface area contributed by atoms with E-state index in [1.165, 1.54) is 27.6 Å². The summed E-state index contributed by atoms with van der Waals surface area (Å²) in [5, 5.41) is 2.39. The SMILES string of the molecule is Cc1ccc(Cc2c3ccccc3cc[n+]2CC(=O)c2ccccc2)cc1.FC(F)(F)c1cc([B-](c2cc(C(F)(F)F)cc(C(F)(F)F)c2)(c2cc(C(F)(F)F)cc(C(F)(F)F)c2)c2cc(C(F)(F)F)cc(C(F)(F)F)c2)cc(C(F)(F)F)c1. The minimum Gasteiger partial charge on any atom is -0.287 e. The molecule has 0 bridgehead atoms. The number of alkyl halides is 24. The first-order valence-corrected chi connectivity index (χ1v) is 23.9. The highest BCUT2D eigenvalue weighted by atomic mass is 19.4. The predicted octanol–water partition coefficient (Wildman–Crippen LogP) is 16.1. The lowest BCUT2D eigenvalue weighted by atomic mass is 9.12. The summed E-state index contributed by atoms with van der Waals surface area (Å²) in [4.78, 5) is 12.8. The second-order valence-corrected chi connectivity index (χ2v) is 19.2. The highest BCUT2D eigenvalue weighted by Crippen LogP contribution is 2.41. The minimum absolute atomic E-state index is 0.126. The number of pyridine rings is 1. The van der Waals surface area contributed by atoms with E-state index in [1.807, 2.05) is 36.5 Å². The van der Waals surface area contributed by atoms with Crippen molar-refractivity contribution in [2.75, 3.05) is 0 Å². The first-order chi connectivity index (χ1) is 38.5. The van der Waals surface area contributed by atoms with Gasteiger partial charge in [0, 0.05) is 17.0 Å². The van der Waals surface area contributed by atoms with Crippen molar-refractivity contribution in [3.63, 3.8) is 0 Å². The van der Waals surface area contributed by atoms with Crippen molar-refractivity contribution in [1.82, 2.24) is 0 Å². The molecule has 8 aromatic rings. The molecule has 0 unspecified atom stereocenters. The van der Waals surface area contributed by atoms with E-state index in [0.717, 1.165) is 12.0 Å². The summed E-state index contributed by atoms with van der Waals surface area (Å²) in [5.74, 6) is 0.126. The second-order valence-electron chi connectivity index (χ2n) is 19.2. The molecular weight excluding hydrogens is 1180 g/mol. The quantitative estimate of drug-likeness (QED) is 0.0611. The lowest BCUT2D eigenvalue weighted by Crippen LogP contribution is -2.75. The van der Waals surface area contributed by atoms with Crippen LogP contribution in [-0.2, 0) is 62.4 Å². The molecule has 0 spiro atoms. The van der Waals surface area contributed by atoms with E-state index in [4.69, 9.17) is 0 Å². The average Bonchev–Trinajstić information content (AvgIpc) is 0.833.